The monoisotopic (exact) mass is 702 g/mol. The molecule has 0 fully saturated rings. The van der Waals surface area contributed by atoms with Crippen LogP contribution in [0, 0.1) is 6.92 Å². The lowest BCUT2D eigenvalue weighted by Gasteiger charge is -2.22. The molecule has 0 saturated heterocycles. The molecule has 250 valence electrons. The molecule has 2 aromatic carbocycles. The summed E-state index contributed by atoms with van der Waals surface area (Å²) in [7, 11) is 1.33. The van der Waals surface area contributed by atoms with E-state index in [2.05, 4.69) is 15.6 Å². The second kappa shape index (κ2) is 13.4. The van der Waals surface area contributed by atoms with E-state index in [1.165, 1.54) is 51.4 Å². The van der Waals surface area contributed by atoms with Crippen molar-refractivity contribution >= 4 is 51.7 Å². The predicted octanol–water partition coefficient (Wildman–Crippen LogP) is 7.41. The number of aliphatic carboxylic acids is 1. The Labute approximate surface area is 273 Å². The van der Waals surface area contributed by atoms with Gasteiger partial charge in [0.25, 0.3) is 11.5 Å². The van der Waals surface area contributed by atoms with Crippen molar-refractivity contribution in [3.63, 3.8) is 0 Å². The van der Waals surface area contributed by atoms with E-state index in [9.17, 15) is 45.8 Å². The molecule has 0 aliphatic carbocycles. The van der Waals surface area contributed by atoms with Gasteiger partial charge in [-0.2, -0.15) is 26.3 Å². The fourth-order valence-electron chi connectivity index (χ4n) is 5.06. The number of aromatic nitrogens is 2. The van der Waals surface area contributed by atoms with Crippen molar-refractivity contribution in [3.05, 3.63) is 91.4 Å². The number of hydrogen-bond donors (Lipinski definition) is 3. The van der Waals surface area contributed by atoms with Crippen LogP contribution in [0.25, 0.3) is 22.0 Å². The lowest BCUT2D eigenvalue weighted by molar-refractivity contribution is -0.143. The number of carboxylic acid groups (broad SMARTS) is 1. The second-order valence-electron chi connectivity index (χ2n) is 10.6. The van der Waals surface area contributed by atoms with Crippen LogP contribution in [-0.2, 0) is 24.4 Å². The number of hydrogen-bond acceptors (Lipinski definition) is 5. The molecule has 47 heavy (non-hydrogen) atoms. The van der Waals surface area contributed by atoms with Crippen molar-refractivity contribution in [1.82, 2.24) is 14.9 Å². The Morgan fingerprint density at radius 1 is 1.04 bits per heavy atom. The second-order valence-corrected chi connectivity index (χ2v) is 11.5. The number of nitrogens with zero attached hydrogens (tertiary/aromatic N) is 2. The number of amides is 1. The highest BCUT2D eigenvalue weighted by atomic mass is 35.5. The SMILES string of the molecule is CCC(Nc1cc(Cl)c(C(=O)NC(Cc2ccc(-c3c(C(F)(F)F)cc(C)n(C)c3=O)c3ncccc23)C(=O)O)c(Cl)c1)C(F)(F)F. The molecule has 1 amide bonds. The molecule has 2 heterocycles. The summed E-state index contributed by atoms with van der Waals surface area (Å²) in [4.78, 5) is 42.8. The minimum atomic E-state index is -4.88. The summed E-state index contributed by atoms with van der Waals surface area (Å²) >= 11 is 12.4. The third-order valence-corrected chi connectivity index (χ3v) is 8.14. The van der Waals surface area contributed by atoms with Gasteiger partial charge in [0.2, 0.25) is 0 Å². The molecule has 0 spiro atoms. The van der Waals surface area contributed by atoms with Gasteiger partial charge in [0.05, 0.1) is 32.3 Å². The number of rotatable bonds is 9. The van der Waals surface area contributed by atoms with Gasteiger partial charge in [-0.3, -0.25) is 14.6 Å². The molecular formula is C31H26Cl2F6N4O4. The molecule has 4 aromatic rings. The van der Waals surface area contributed by atoms with Gasteiger partial charge in [0.1, 0.15) is 12.1 Å². The Bertz CT molecular complexity index is 1900. The highest BCUT2D eigenvalue weighted by Gasteiger charge is 2.39. The van der Waals surface area contributed by atoms with Gasteiger partial charge in [0, 0.05) is 42.0 Å². The molecule has 2 aromatic heterocycles. The molecule has 0 aliphatic rings. The van der Waals surface area contributed by atoms with Gasteiger partial charge >= 0.3 is 18.3 Å². The molecule has 0 bridgehead atoms. The minimum absolute atomic E-state index is 0.00895. The largest absolute Gasteiger partial charge is 0.480 e. The summed E-state index contributed by atoms with van der Waals surface area (Å²) in [6.07, 6.45) is -8.85. The average molecular weight is 703 g/mol. The van der Waals surface area contributed by atoms with E-state index in [1.54, 1.807) is 0 Å². The summed E-state index contributed by atoms with van der Waals surface area (Å²) in [5.41, 5.74) is -3.01. The average Bonchev–Trinajstić information content (AvgIpc) is 2.97. The van der Waals surface area contributed by atoms with Crippen LogP contribution in [0.15, 0.2) is 53.5 Å². The Morgan fingerprint density at radius 2 is 1.68 bits per heavy atom. The maximum atomic E-state index is 14.1. The molecule has 2 atom stereocenters. The first-order chi connectivity index (χ1) is 21.8. The van der Waals surface area contributed by atoms with Crippen LogP contribution in [0.5, 0.6) is 0 Å². The third kappa shape index (κ3) is 7.49. The molecular weight excluding hydrogens is 677 g/mol. The zero-order chi connectivity index (χ0) is 35.0. The van der Waals surface area contributed by atoms with E-state index in [4.69, 9.17) is 23.2 Å². The van der Waals surface area contributed by atoms with Crippen molar-refractivity contribution in [2.75, 3.05) is 5.32 Å². The first kappa shape index (κ1) is 35.6. The van der Waals surface area contributed by atoms with Gasteiger partial charge in [-0.25, -0.2) is 4.79 Å². The highest BCUT2D eigenvalue weighted by molar-refractivity contribution is 6.40. The van der Waals surface area contributed by atoms with Crippen LogP contribution in [-0.4, -0.2) is 44.8 Å². The fourth-order valence-corrected chi connectivity index (χ4v) is 5.72. The van der Waals surface area contributed by atoms with Gasteiger partial charge < -0.3 is 20.3 Å². The Balaban J connectivity index is 1.70. The molecule has 0 radical (unpaired) electrons. The van der Waals surface area contributed by atoms with Crippen LogP contribution >= 0.6 is 23.2 Å². The number of fused-ring (bicyclic) bond motifs is 1. The molecule has 2 unspecified atom stereocenters. The zero-order valence-corrected chi connectivity index (χ0v) is 26.3. The lowest BCUT2D eigenvalue weighted by atomic mass is 9.93. The molecule has 3 N–H and O–H groups in total. The molecule has 0 saturated carbocycles. The summed E-state index contributed by atoms with van der Waals surface area (Å²) in [6.45, 7) is 2.68. The number of alkyl halides is 6. The molecule has 0 aliphatic heterocycles. The van der Waals surface area contributed by atoms with Crippen LogP contribution in [0.4, 0.5) is 32.0 Å². The van der Waals surface area contributed by atoms with Gasteiger partial charge in [0.15, 0.2) is 0 Å². The normalized spacial score (nSPS) is 13.3. The van der Waals surface area contributed by atoms with Gasteiger partial charge in [-0.05, 0) is 43.2 Å². The number of carbonyl (C=O) groups is 2. The van der Waals surface area contributed by atoms with Crippen LogP contribution in [0.3, 0.4) is 0 Å². The highest BCUT2D eigenvalue weighted by Crippen LogP contribution is 2.39. The smallest absolute Gasteiger partial charge is 0.417 e. The first-order valence-electron chi connectivity index (χ1n) is 13.9. The van der Waals surface area contributed by atoms with Crippen molar-refractivity contribution in [2.45, 2.75) is 51.1 Å². The number of carbonyl (C=O) groups excluding carboxylic acids is 1. The van der Waals surface area contributed by atoms with E-state index < -0.39 is 53.0 Å². The molecule has 4 rings (SSSR count). The Kier molecular flexibility index (Phi) is 10.2. The standard InChI is InChI=1S/C31H26Cl2F6N4O4/c1-4-23(31(37,38)39)41-16-12-20(32)25(21(33)13-16)27(44)42-22(29(46)47)11-15-7-8-18(26-17(15)6-5-9-40-26)24-19(30(34,35)36)10-14(2)43(3)28(24)45/h5-10,12-13,22-23,41H,4,11H2,1-3H3,(H,42,44)(H,46,47). The van der Waals surface area contributed by atoms with Crippen molar-refractivity contribution in [2.24, 2.45) is 7.05 Å². The molecule has 16 heteroatoms. The number of aryl methyl sites for hydroxylation is 1. The van der Waals surface area contributed by atoms with Crippen molar-refractivity contribution in [3.8, 4) is 11.1 Å². The minimum Gasteiger partial charge on any atom is -0.480 e. The number of nitrogens with one attached hydrogen (secondary N) is 2. The predicted molar refractivity (Wildman–Crippen MR) is 165 cm³/mol. The maximum absolute atomic E-state index is 14.1. The number of benzene rings is 2. The fraction of sp³-hybridized carbons (Fsp3) is 0.290. The van der Waals surface area contributed by atoms with E-state index >= 15 is 0 Å². The quantitative estimate of drug-likeness (QED) is 0.157. The van der Waals surface area contributed by atoms with E-state index in [1.807, 2.05) is 0 Å². The summed E-state index contributed by atoms with van der Waals surface area (Å²) < 4.78 is 83.0. The zero-order valence-electron chi connectivity index (χ0n) is 24.8. The number of anilines is 1. The summed E-state index contributed by atoms with van der Waals surface area (Å²) in [6, 6.07) is 4.93. The molecule has 8 nitrogen and oxygen atoms in total. The van der Waals surface area contributed by atoms with E-state index in [0.29, 0.717) is 0 Å². The number of halogens is 8. The van der Waals surface area contributed by atoms with Crippen LogP contribution in [0.2, 0.25) is 10.0 Å². The van der Waals surface area contributed by atoms with Crippen molar-refractivity contribution < 1.29 is 41.0 Å². The van der Waals surface area contributed by atoms with Gasteiger partial charge in [-0.1, -0.05) is 48.3 Å². The summed E-state index contributed by atoms with van der Waals surface area (Å²) in [5, 5.41) is 14.0. The maximum Gasteiger partial charge on any atom is 0.417 e. The third-order valence-electron chi connectivity index (χ3n) is 7.55. The first-order valence-corrected chi connectivity index (χ1v) is 14.6. The van der Waals surface area contributed by atoms with Gasteiger partial charge in [-0.15, -0.1) is 0 Å². The Morgan fingerprint density at radius 3 is 2.23 bits per heavy atom. The topological polar surface area (TPSA) is 113 Å². The van der Waals surface area contributed by atoms with E-state index in [0.717, 1.165) is 22.8 Å². The van der Waals surface area contributed by atoms with E-state index in [-0.39, 0.29) is 61.9 Å². The van der Waals surface area contributed by atoms with Crippen molar-refractivity contribution in [1.29, 1.82) is 0 Å². The number of carboxylic acids is 1. The lowest BCUT2D eigenvalue weighted by Crippen LogP contribution is -2.42. The van der Waals surface area contributed by atoms with Crippen LogP contribution in [0.1, 0.15) is 40.5 Å². The summed E-state index contributed by atoms with van der Waals surface area (Å²) in [5.74, 6) is -2.54. The Hall–Kier alpha value is -4.30. The number of pyridine rings is 2. The van der Waals surface area contributed by atoms with Crippen LogP contribution < -0.4 is 16.2 Å².